The number of rotatable bonds is 3. The number of ether oxygens (including phenoxy) is 1. The van der Waals surface area contributed by atoms with E-state index >= 15 is 0 Å². The molecule has 1 amide bonds. The van der Waals surface area contributed by atoms with Crippen LogP contribution in [0.15, 0.2) is 6.07 Å². The molecule has 7 heteroatoms. The highest BCUT2D eigenvalue weighted by atomic mass is 16.5. The fourth-order valence-electron chi connectivity index (χ4n) is 2.83. The van der Waals surface area contributed by atoms with Crippen molar-refractivity contribution in [2.24, 2.45) is 5.92 Å². The van der Waals surface area contributed by atoms with E-state index in [0.29, 0.717) is 25.7 Å². The van der Waals surface area contributed by atoms with E-state index in [1.54, 1.807) is 0 Å². The first kappa shape index (κ1) is 15.0. The van der Waals surface area contributed by atoms with Gasteiger partial charge in [-0.05, 0) is 6.42 Å². The molecule has 0 aliphatic carbocycles. The van der Waals surface area contributed by atoms with Gasteiger partial charge >= 0.3 is 0 Å². The standard InChI is InChI=1S/C15H23N5O2/c1-4-11-5-13(18-15(17-11)19(2)3)20-6-10-8-22-9-12(7-20)16-14(10)21/h5,10,12H,4,6-9H2,1-3H3,(H,16,21)/t10-,12+/m1/s1. The van der Waals surface area contributed by atoms with Gasteiger partial charge in [0.15, 0.2) is 0 Å². The van der Waals surface area contributed by atoms with Crippen LogP contribution in [0.4, 0.5) is 11.8 Å². The Morgan fingerprint density at radius 2 is 2.18 bits per heavy atom. The molecule has 2 fully saturated rings. The fourth-order valence-corrected chi connectivity index (χ4v) is 2.83. The predicted molar refractivity (Wildman–Crippen MR) is 84.2 cm³/mol. The maximum Gasteiger partial charge on any atom is 0.227 e. The van der Waals surface area contributed by atoms with E-state index in [1.807, 2.05) is 25.1 Å². The quantitative estimate of drug-likeness (QED) is 0.851. The van der Waals surface area contributed by atoms with E-state index in [2.05, 4.69) is 27.1 Å². The molecule has 0 unspecified atom stereocenters. The van der Waals surface area contributed by atoms with Crippen LogP contribution in [0.5, 0.6) is 0 Å². The van der Waals surface area contributed by atoms with Crippen molar-refractivity contribution in [3.63, 3.8) is 0 Å². The molecule has 2 aliphatic rings. The van der Waals surface area contributed by atoms with Crippen LogP contribution in [-0.2, 0) is 16.0 Å². The Hall–Kier alpha value is -1.89. The Balaban J connectivity index is 1.93. The largest absolute Gasteiger partial charge is 0.378 e. The van der Waals surface area contributed by atoms with E-state index in [0.717, 1.165) is 24.5 Å². The van der Waals surface area contributed by atoms with Gasteiger partial charge in [0.25, 0.3) is 0 Å². The number of carbonyl (C=O) groups is 1. The Morgan fingerprint density at radius 1 is 1.36 bits per heavy atom. The van der Waals surface area contributed by atoms with E-state index in [9.17, 15) is 4.79 Å². The van der Waals surface area contributed by atoms with Crippen LogP contribution in [-0.4, -0.2) is 62.3 Å². The molecule has 0 aromatic carbocycles. The summed E-state index contributed by atoms with van der Waals surface area (Å²) in [5.41, 5.74) is 1.01. The number of aromatic nitrogens is 2. The van der Waals surface area contributed by atoms with Gasteiger partial charge in [0.2, 0.25) is 11.9 Å². The van der Waals surface area contributed by atoms with Crippen molar-refractivity contribution in [2.75, 3.05) is 50.2 Å². The zero-order chi connectivity index (χ0) is 15.7. The van der Waals surface area contributed by atoms with E-state index < -0.39 is 0 Å². The van der Waals surface area contributed by atoms with E-state index in [1.165, 1.54) is 0 Å². The predicted octanol–water partition coefficient (Wildman–Crippen LogP) is 0.0562. The molecular formula is C15H23N5O2. The molecular weight excluding hydrogens is 282 g/mol. The van der Waals surface area contributed by atoms with Crippen molar-refractivity contribution in [1.29, 1.82) is 0 Å². The highest BCUT2D eigenvalue weighted by molar-refractivity contribution is 5.80. The zero-order valence-electron chi connectivity index (χ0n) is 13.4. The van der Waals surface area contributed by atoms with Gasteiger partial charge in [0, 0.05) is 38.9 Å². The minimum absolute atomic E-state index is 0.0165. The molecule has 2 bridgehead atoms. The van der Waals surface area contributed by atoms with Gasteiger partial charge < -0.3 is 19.9 Å². The van der Waals surface area contributed by atoms with Gasteiger partial charge in [-0.3, -0.25) is 4.79 Å². The minimum atomic E-state index is -0.143. The first-order valence-electron chi connectivity index (χ1n) is 7.75. The first-order valence-corrected chi connectivity index (χ1v) is 7.75. The van der Waals surface area contributed by atoms with Crippen LogP contribution in [0.1, 0.15) is 12.6 Å². The molecule has 3 heterocycles. The minimum Gasteiger partial charge on any atom is -0.378 e. The molecule has 120 valence electrons. The molecule has 2 aliphatic heterocycles. The van der Waals surface area contributed by atoms with Crippen LogP contribution >= 0.6 is 0 Å². The number of amides is 1. The monoisotopic (exact) mass is 305 g/mol. The average molecular weight is 305 g/mol. The smallest absolute Gasteiger partial charge is 0.227 e. The lowest BCUT2D eigenvalue weighted by molar-refractivity contribution is -0.124. The molecule has 0 spiro atoms. The number of carbonyl (C=O) groups excluding carboxylic acids is 1. The molecule has 3 rings (SSSR count). The lowest BCUT2D eigenvalue weighted by Gasteiger charge is -2.29. The second kappa shape index (κ2) is 6.08. The number of hydrogen-bond donors (Lipinski definition) is 1. The highest BCUT2D eigenvalue weighted by Crippen LogP contribution is 2.22. The maximum atomic E-state index is 12.1. The molecule has 7 nitrogen and oxygen atoms in total. The van der Waals surface area contributed by atoms with Crippen LogP contribution in [0.2, 0.25) is 0 Å². The van der Waals surface area contributed by atoms with E-state index in [-0.39, 0.29) is 17.9 Å². The Bertz CT molecular complexity index is 563. The third-order valence-corrected chi connectivity index (χ3v) is 4.08. The lowest BCUT2D eigenvalue weighted by Crippen LogP contribution is -2.42. The normalized spacial score (nSPS) is 24.7. The molecule has 0 saturated carbocycles. The van der Waals surface area contributed by atoms with Crippen molar-refractivity contribution in [3.8, 4) is 0 Å². The van der Waals surface area contributed by atoms with Gasteiger partial charge in [-0.2, -0.15) is 4.98 Å². The van der Waals surface area contributed by atoms with Crippen molar-refractivity contribution < 1.29 is 9.53 Å². The third-order valence-electron chi connectivity index (χ3n) is 4.08. The number of aryl methyl sites for hydroxylation is 1. The van der Waals surface area contributed by atoms with Crippen molar-refractivity contribution >= 4 is 17.7 Å². The molecule has 1 aromatic heterocycles. The number of nitrogens with one attached hydrogen (secondary N) is 1. The highest BCUT2D eigenvalue weighted by Gasteiger charge is 2.34. The molecule has 1 N–H and O–H groups in total. The summed E-state index contributed by atoms with van der Waals surface area (Å²) in [6.45, 7) is 4.47. The Kier molecular flexibility index (Phi) is 4.15. The van der Waals surface area contributed by atoms with Crippen molar-refractivity contribution in [3.05, 3.63) is 11.8 Å². The summed E-state index contributed by atoms with van der Waals surface area (Å²) < 4.78 is 5.57. The molecule has 2 atom stereocenters. The average Bonchev–Trinajstić information content (AvgIpc) is 2.75. The molecule has 1 aromatic rings. The second-order valence-electron chi connectivity index (χ2n) is 6.11. The summed E-state index contributed by atoms with van der Waals surface area (Å²) in [6.07, 6.45) is 0.858. The number of anilines is 2. The molecule has 0 radical (unpaired) electrons. The van der Waals surface area contributed by atoms with Gasteiger partial charge in [-0.25, -0.2) is 4.98 Å². The Morgan fingerprint density at radius 3 is 2.91 bits per heavy atom. The van der Waals surface area contributed by atoms with E-state index in [4.69, 9.17) is 4.74 Å². The van der Waals surface area contributed by atoms with Crippen LogP contribution < -0.4 is 15.1 Å². The number of nitrogens with zero attached hydrogens (tertiary/aromatic N) is 4. The van der Waals surface area contributed by atoms with Gasteiger partial charge in [-0.1, -0.05) is 6.92 Å². The second-order valence-corrected chi connectivity index (χ2v) is 6.11. The maximum absolute atomic E-state index is 12.1. The molecule has 2 saturated heterocycles. The first-order chi connectivity index (χ1) is 10.6. The van der Waals surface area contributed by atoms with Gasteiger partial charge in [0.05, 0.1) is 25.2 Å². The fraction of sp³-hybridized carbons (Fsp3) is 0.667. The summed E-state index contributed by atoms with van der Waals surface area (Å²) in [6, 6.07) is 2.04. The molecule has 22 heavy (non-hydrogen) atoms. The topological polar surface area (TPSA) is 70.6 Å². The van der Waals surface area contributed by atoms with Crippen molar-refractivity contribution in [2.45, 2.75) is 19.4 Å². The van der Waals surface area contributed by atoms with Crippen LogP contribution in [0.3, 0.4) is 0 Å². The zero-order valence-corrected chi connectivity index (χ0v) is 13.4. The summed E-state index contributed by atoms with van der Waals surface area (Å²) in [4.78, 5) is 25.4. The Labute approximate surface area is 130 Å². The summed E-state index contributed by atoms with van der Waals surface area (Å²) in [5.74, 6) is 1.54. The number of fused-ring (bicyclic) bond motifs is 3. The lowest BCUT2D eigenvalue weighted by atomic mass is 10.1. The summed E-state index contributed by atoms with van der Waals surface area (Å²) in [5, 5.41) is 3.05. The third kappa shape index (κ3) is 2.99. The van der Waals surface area contributed by atoms with Gasteiger partial charge in [0.1, 0.15) is 5.82 Å². The number of hydrogen-bond acceptors (Lipinski definition) is 6. The summed E-state index contributed by atoms with van der Waals surface area (Å²) >= 11 is 0. The van der Waals surface area contributed by atoms with Crippen LogP contribution in [0.25, 0.3) is 0 Å². The summed E-state index contributed by atoms with van der Waals surface area (Å²) in [7, 11) is 3.88. The van der Waals surface area contributed by atoms with Crippen LogP contribution in [0, 0.1) is 5.92 Å². The van der Waals surface area contributed by atoms with Crippen molar-refractivity contribution in [1.82, 2.24) is 15.3 Å². The van der Waals surface area contributed by atoms with Gasteiger partial charge in [-0.15, -0.1) is 0 Å². The SMILES string of the molecule is CCc1cc(N2C[C@H]3COC[C@@H](C2)C(=O)N3)nc(N(C)C)n1.